The smallest absolute Gasteiger partial charge is 0.115 e. The Balaban J connectivity index is 3.06. The van der Waals surface area contributed by atoms with E-state index in [9.17, 15) is 0 Å². The quantitative estimate of drug-likeness (QED) is 0.660. The van der Waals surface area contributed by atoms with Gasteiger partial charge in [-0.05, 0) is 12.0 Å². The number of rotatable bonds is 1. The maximum absolute atomic E-state index is 4.28. The molecule has 72 valence electrons. The molecular weight excluding hydrogens is 160 g/mol. The zero-order valence-electron chi connectivity index (χ0n) is 9.13. The Bertz CT molecular complexity index is 284. The highest BCUT2D eigenvalue weighted by Crippen LogP contribution is 2.21. The first kappa shape index (κ1) is 10.2. The molecule has 1 aromatic heterocycles. The van der Waals surface area contributed by atoms with Crippen LogP contribution in [0.5, 0.6) is 0 Å². The van der Waals surface area contributed by atoms with Crippen LogP contribution in [0, 0.1) is 0 Å². The number of nitrogens with zero attached hydrogens (tertiary/aromatic N) is 2. The van der Waals surface area contributed by atoms with Gasteiger partial charge in [-0.2, -0.15) is 0 Å². The molecule has 0 atom stereocenters. The zero-order chi connectivity index (χ0) is 10.1. The summed E-state index contributed by atoms with van der Waals surface area (Å²) in [5.41, 5.74) is 2.36. The van der Waals surface area contributed by atoms with Gasteiger partial charge in [0.1, 0.15) is 6.33 Å². The van der Waals surface area contributed by atoms with E-state index in [-0.39, 0.29) is 5.41 Å². The lowest BCUT2D eigenvalue weighted by molar-refractivity contribution is 0.563. The van der Waals surface area contributed by atoms with E-state index < -0.39 is 0 Å². The SMILES string of the molecule is CC(C)c1cc(C(C)(C)C)ncn1. The summed E-state index contributed by atoms with van der Waals surface area (Å²) in [6, 6.07) is 2.10. The molecule has 1 rings (SSSR count). The first-order valence-corrected chi connectivity index (χ1v) is 4.73. The molecule has 0 aliphatic rings. The molecule has 0 unspecified atom stereocenters. The van der Waals surface area contributed by atoms with Crippen LogP contribution in [0.4, 0.5) is 0 Å². The number of aromatic nitrogens is 2. The second-order valence-electron chi connectivity index (χ2n) is 4.73. The average Bonchev–Trinajstić information content (AvgIpc) is 2.03. The highest BCUT2D eigenvalue weighted by atomic mass is 14.8. The molecular formula is C11H18N2. The predicted octanol–water partition coefficient (Wildman–Crippen LogP) is 2.90. The molecule has 13 heavy (non-hydrogen) atoms. The fourth-order valence-corrected chi connectivity index (χ4v) is 1.10. The second-order valence-corrected chi connectivity index (χ2v) is 4.73. The molecule has 0 aromatic carbocycles. The molecule has 0 amide bonds. The summed E-state index contributed by atoms with van der Waals surface area (Å²) < 4.78 is 0. The topological polar surface area (TPSA) is 25.8 Å². The standard InChI is InChI=1S/C11H18N2/c1-8(2)9-6-10(11(3,4)5)13-7-12-9/h6-8H,1-5H3. The van der Waals surface area contributed by atoms with Gasteiger partial charge in [-0.3, -0.25) is 0 Å². The minimum absolute atomic E-state index is 0.118. The van der Waals surface area contributed by atoms with E-state index in [1.807, 2.05) is 0 Å². The molecule has 0 saturated heterocycles. The van der Waals surface area contributed by atoms with Crippen molar-refractivity contribution in [3.05, 3.63) is 23.8 Å². The van der Waals surface area contributed by atoms with E-state index >= 15 is 0 Å². The molecule has 0 radical (unpaired) electrons. The van der Waals surface area contributed by atoms with Gasteiger partial charge in [-0.25, -0.2) is 9.97 Å². The van der Waals surface area contributed by atoms with Crippen molar-refractivity contribution in [3.63, 3.8) is 0 Å². The highest BCUT2D eigenvalue weighted by molar-refractivity contribution is 5.17. The van der Waals surface area contributed by atoms with Crippen LogP contribution in [0.15, 0.2) is 12.4 Å². The van der Waals surface area contributed by atoms with E-state index in [0.717, 1.165) is 11.4 Å². The second kappa shape index (κ2) is 3.44. The van der Waals surface area contributed by atoms with Gasteiger partial charge in [-0.1, -0.05) is 34.6 Å². The zero-order valence-corrected chi connectivity index (χ0v) is 9.13. The van der Waals surface area contributed by atoms with Crippen molar-refractivity contribution in [1.29, 1.82) is 0 Å². The predicted molar refractivity (Wildman–Crippen MR) is 54.8 cm³/mol. The molecule has 1 heterocycles. The summed E-state index contributed by atoms with van der Waals surface area (Å²) in [4.78, 5) is 8.52. The van der Waals surface area contributed by atoms with Crippen LogP contribution in [0.3, 0.4) is 0 Å². The lowest BCUT2D eigenvalue weighted by atomic mass is 9.91. The molecule has 1 aromatic rings. The van der Waals surface area contributed by atoms with Crippen molar-refractivity contribution in [2.24, 2.45) is 0 Å². The van der Waals surface area contributed by atoms with Gasteiger partial charge in [0, 0.05) is 16.8 Å². The Morgan fingerprint density at radius 3 is 2.23 bits per heavy atom. The first-order valence-electron chi connectivity index (χ1n) is 4.73. The third-order valence-corrected chi connectivity index (χ3v) is 2.05. The maximum atomic E-state index is 4.28. The highest BCUT2D eigenvalue weighted by Gasteiger charge is 2.16. The summed E-state index contributed by atoms with van der Waals surface area (Å²) in [6.45, 7) is 10.8. The Morgan fingerprint density at radius 2 is 1.77 bits per heavy atom. The largest absolute Gasteiger partial charge is 0.241 e. The van der Waals surface area contributed by atoms with Crippen LogP contribution in [0.2, 0.25) is 0 Å². The molecule has 0 saturated carbocycles. The Hall–Kier alpha value is -0.920. The molecule has 0 N–H and O–H groups in total. The molecule has 0 bridgehead atoms. The van der Waals surface area contributed by atoms with Crippen molar-refractivity contribution in [2.45, 2.75) is 46.0 Å². The summed E-state index contributed by atoms with van der Waals surface area (Å²) in [6.07, 6.45) is 1.66. The van der Waals surface area contributed by atoms with Crippen LogP contribution in [-0.2, 0) is 5.41 Å². The molecule has 0 aliphatic carbocycles. The third kappa shape index (κ3) is 2.51. The number of hydrogen-bond acceptors (Lipinski definition) is 2. The third-order valence-electron chi connectivity index (χ3n) is 2.05. The number of hydrogen-bond donors (Lipinski definition) is 0. The van der Waals surface area contributed by atoms with Gasteiger partial charge >= 0.3 is 0 Å². The van der Waals surface area contributed by atoms with E-state index in [1.165, 1.54) is 0 Å². The first-order chi connectivity index (χ1) is 5.91. The van der Waals surface area contributed by atoms with Gasteiger partial charge < -0.3 is 0 Å². The van der Waals surface area contributed by atoms with E-state index in [1.54, 1.807) is 6.33 Å². The van der Waals surface area contributed by atoms with E-state index in [0.29, 0.717) is 5.92 Å². The summed E-state index contributed by atoms with van der Waals surface area (Å²) in [5, 5.41) is 0. The van der Waals surface area contributed by atoms with Gasteiger partial charge in [0.05, 0.1) is 0 Å². The fraction of sp³-hybridized carbons (Fsp3) is 0.636. The lowest BCUT2D eigenvalue weighted by Crippen LogP contribution is -2.14. The molecule has 2 heteroatoms. The molecule has 0 aliphatic heterocycles. The van der Waals surface area contributed by atoms with Crippen molar-refractivity contribution in [3.8, 4) is 0 Å². The van der Waals surface area contributed by atoms with Crippen LogP contribution in [0.25, 0.3) is 0 Å². The minimum atomic E-state index is 0.118. The van der Waals surface area contributed by atoms with Crippen molar-refractivity contribution < 1.29 is 0 Å². The Morgan fingerprint density at radius 1 is 1.15 bits per heavy atom. The van der Waals surface area contributed by atoms with Crippen molar-refractivity contribution in [2.75, 3.05) is 0 Å². The maximum Gasteiger partial charge on any atom is 0.115 e. The molecule has 0 fully saturated rings. The van der Waals surface area contributed by atoms with Crippen LogP contribution < -0.4 is 0 Å². The fourth-order valence-electron chi connectivity index (χ4n) is 1.10. The van der Waals surface area contributed by atoms with Gasteiger partial charge in [0.25, 0.3) is 0 Å². The van der Waals surface area contributed by atoms with Gasteiger partial charge in [0.2, 0.25) is 0 Å². The lowest BCUT2D eigenvalue weighted by Gasteiger charge is -2.18. The van der Waals surface area contributed by atoms with Gasteiger partial charge in [-0.15, -0.1) is 0 Å². The summed E-state index contributed by atoms with van der Waals surface area (Å²) >= 11 is 0. The Kier molecular flexibility index (Phi) is 2.69. The van der Waals surface area contributed by atoms with Crippen molar-refractivity contribution in [1.82, 2.24) is 9.97 Å². The summed E-state index contributed by atoms with van der Waals surface area (Å²) in [7, 11) is 0. The normalized spacial score (nSPS) is 12.2. The van der Waals surface area contributed by atoms with Crippen LogP contribution >= 0.6 is 0 Å². The minimum Gasteiger partial charge on any atom is -0.241 e. The van der Waals surface area contributed by atoms with Crippen LogP contribution in [-0.4, -0.2) is 9.97 Å². The average molecular weight is 178 g/mol. The Labute approximate surface area is 80.4 Å². The van der Waals surface area contributed by atoms with E-state index in [2.05, 4.69) is 50.7 Å². The van der Waals surface area contributed by atoms with Crippen molar-refractivity contribution >= 4 is 0 Å². The molecule has 2 nitrogen and oxygen atoms in total. The van der Waals surface area contributed by atoms with E-state index in [4.69, 9.17) is 0 Å². The monoisotopic (exact) mass is 178 g/mol. The van der Waals surface area contributed by atoms with Gasteiger partial charge in [0.15, 0.2) is 0 Å². The molecule has 0 spiro atoms. The summed E-state index contributed by atoms with van der Waals surface area (Å²) in [5.74, 6) is 0.476. The van der Waals surface area contributed by atoms with Crippen LogP contribution in [0.1, 0.15) is 51.9 Å².